The maximum Gasteiger partial charge on any atom is 0.261 e. The molecule has 4 nitrogen and oxygen atoms in total. The number of hydrogen-bond donors (Lipinski definition) is 0. The first kappa shape index (κ1) is 8.07. The molecule has 0 bridgehead atoms. The Hall–Kier alpha value is -1.03. The van der Waals surface area contributed by atoms with Gasteiger partial charge in [-0.05, 0) is 0 Å². The standard InChI is InChI=1S/C6H7ClN2O2/c1-10-4-5(7)8-3-9-6(4)11-2/h3H,1-2H3. The first-order chi connectivity index (χ1) is 5.29. The second-order valence-electron chi connectivity index (χ2n) is 1.71. The van der Waals surface area contributed by atoms with Crippen molar-refractivity contribution >= 4 is 11.6 Å². The fourth-order valence-electron chi connectivity index (χ4n) is 0.654. The van der Waals surface area contributed by atoms with Gasteiger partial charge in [-0.15, -0.1) is 0 Å². The smallest absolute Gasteiger partial charge is 0.261 e. The number of nitrogens with zero attached hydrogens (tertiary/aromatic N) is 2. The highest BCUT2D eigenvalue weighted by molar-refractivity contribution is 6.31. The van der Waals surface area contributed by atoms with Gasteiger partial charge in [0.1, 0.15) is 6.33 Å². The molecule has 0 aliphatic heterocycles. The van der Waals surface area contributed by atoms with Crippen molar-refractivity contribution in [3.05, 3.63) is 11.5 Å². The monoisotopic (exact) mass is 174 g/mol. The predicted molar refractivity (Wildman–Crippen MR) is 40.1 cm³/mol. The van der Waals surface area contributed by atoms with E-state index < -0.39 is 0 Å². The average Bonchev–Trinajstić information content (AvgIpc) is 2.04. The van der Waals surface area contributed by atoms with E-state index in [1.165, 1.54) is 20.5 Å². The summed E-state index contributed by atoms with van der Waals surface area (Å²) < 4.78 is 9.74. The molecule has 1 aromatic heterocycles. The van der Waals surface area contributed by atoms with Crippen LogP contribution in [0, 0.1) is 0 Å². The molecule has 0 aromatic carbocycles. The lowest BCUT2D eigenvalue weighted by Crippen LogP contribution is -1.95. The maximum atomic E-state index is 5.65. The molecule has 0 atom stereocenters. The molecule has 0 unspecified atom stereocenters. The maximum absolute atomic E-state index is 5.65. The van der Waals surface area contributed by atoms with Gasteiger partial charge in [-0.1, -0.05) is 11.6 Å². The third-order valence-electron chi connectivity index (χ3n) is 1.13. The van der Waals surface area contributed by atoms with Gasteiger partial charge < -0.3 is 9.47 Å². The zero-order valence-corrected chi connectivity index (χ0v) is 6.92. The van der Waals surface area contributed by atoms with Crippen molar-refractivity contribution in [1.82, 2.24) is 9.97 Å². The van der Waals surface area contributed by atoms with E-state index in [1.54, 1.807) is 0 Å². The third-order valence-corrected chi connectivity index (χ3v) is 1.39. The molecule has 11 heavy (non-hydrogen) atoms. The van der Waals surface area contributed by atoms with Crippen molar-refractivity contribution in [2.45, 2.75) is 0 Å². The summed E-state index contributed by atoms with van der Waals surface area (Å²) in [5.74, 6) is 0.698. The van der Waals surface area contributed by atoms with Crippen LogP contribution in [0.3, 0.4) is 0 Å². The predicted octanol–water partition coefficient (Wildman–Crippen LogP) is 1.15. The van der Waals surface area contributed by atoms with Gasteiger partial charge >= 0.3 is 0 Å². The molecule has 0 aliphatic carbocycles. The number of halogens is 1. The van der Waals surface area contributed by atoms with E-state index in [4.69, 9.17) is 21.1 Å². The normalized spacial score (nSPS) is 9.36. The van der Waals surface area contributed by atoms with Gasteiger partial charge in [0.05, 0.1) is 14.2 Å². The molecule has 0 radical (unpaired) electrons. The molecule has 0 amide bonds. The molecule has 1 aromatic rings. The number of rotatable bonds is 2. The summed E-state index contributed by atoms with van der Waals surface area (Å²) in [5.41, 5.74) is 0. The molecular formula is C6H7ClN2O2. The van der Waals surface area contributed by atoms with Crippen molar-refractivity contribution in [3.8, 4) is 11.6 Å². The van der Waals surface area contributed by atoms with E-state index in [1.807, 2.05) is 0 Å². The minimum Gasteiger partial charge on any atom is -0.489 e. The van der Waals surface area contributed by atoms with E-state index in [0.717, 1.165) is 0 Å². The van der Waals surface area contributed by atoms with E-state index in [-0.39, 0.29) is 5.15 Å². The number of ether oxygens (including phenoxy) is 2. The van der Waals surface area contributed by atoms with Crippen LogP contribution in [-0.2, 0) is 0 Å². The lowest BCUT2D eigenvalue weighted by molar-refractivity contribution is 0.341. The largest absolute Gasteiger partial charge is 0.489 e. The van der Waals surface area contributed by atoms with Crippen molar-refractivity contribution in [2.24, 2.45) is 0 Å². The molecule has 0 saturated heterocycles. The summed E-state index contributed by atoms with van der Waals surface area (Å²) in [7, 11) is 2.97. The van der Waals surface area contributed by atoms with Crippen LogP contribution in [0.4, 0.5) is 0 Å². The van der Waals surface area contributed by atoms with Crippen LogP contribution in [0.1, 0.15) is 0 Å². The van der Waals surface area contributed by atoms with Gasteiger partial charge in [0, 0.05) is 0 Å². The van der Waals surface area contributed by atoms with Crippen molar-refractivity contribution in [3.63, 3.8) is 0 Å². The first-order valence-corrected chi connectivity index (χ1v) is 3.26. The summed E-state index contributed by atoms with van der Waals surface area (Å²) in [5, 5.41) is 0.249. The Labute approximate surface area is 69.1 Å². The Morgan fingerprint density at radius 3 is 2.45 bits per heavy atom. The van der Waals surface area contributed by atoms with E-state index >= 15 is 0 Å². The molecular weight excluding hydrogens is 168 g/mol. The Morgan fingerprint density at radius 2 is 2.00 bits per heavy atom. The average molecular weight is 175 g/mol. The molecule has 0 spiro atoms. The van der Waals surface area contributed by atoms with Crippen LogP contribution in [0.2, 0.25) is 5.15 Å². The van der Waals surface area contributed by atoms with Gasteiger partial charge in [-0.3, -0.25) is 0 Å². The van der Waals surface area contributed by atoms with E-state index in [0.29, 0.717) is 11.6 Å². The SMILES string of the molecule is COc1ncnc(Cl)c1OC. The number of methoxy groups -OCH3 is 2. The molecule has 0 fully saturated rings. The van der Waals surface area contributed by atoms with Crippen LogP contribution in [0.25, 0.3) is 0 Å². The summed E-state index contributed by atoms with van der Waals surface area (Å²) >= 11 is 5.65. The van der Waals surface area contributed by atoms with Crippen molar-refractivity contribution in [1.29, 1.82) is 0 Å². The molecule has 60 valence electrons. The fourth-order valence-corrected chi connectivity index (χ4v) is 0.856. The Balaban J connectivity index is 3.13. The second kappa shape index (κ2) is 3.39. The van der Waals surface area contributed by atoms with Gasteiger partial charge in [0.15, 0.2) is 5.15 Å². The highest BCUT2D eigenvalue weighted by Crippen LogP contribution is 2.29. The molecule has 0 saturated carbocycles. The van der Waals surface area contributed by atoms with Gasteiger partial charge in [0.2, 0.25) is 5.75 Å². The zero-order chi connectivity index (χ0) is 8.27. The second-order valence-corrected chi connectivity index (χ2v) is 2.07. The third kappa shape index (κ3) is 1.51. The minimum atomic E-state index is 0.249. The summed E-state index contributed by atoms with van der Waals surface area (Å²) in [6.07, 6.45) is 1.31. The molecule has 0 aliphatic rings. The Bertz CT molecular complexity index is 254. The van der Waals surface area contributed by atoms with Crippen molar-refractivity contribution in [2.75, 3.05) is 14.2 Å². The van der Waals surface area contributed by atoms with Crippen LogP contribution >= 0.6 is 11.6 Å². The molecule has 1 heterocycles. The van der Waals surface area contributed by atoms with Gasteiger partial charge in [0.25, 0.3) is 5.88 Å². The quantitative estimate of drug-likeness (QED) is 0.631. The van der Waals surface area contributed by atoms with Gasteiger partial charge in [-0.2, -0.15) is 4.98 Å². The van der Waals surface area contributed by atoms with E-state index in [2.05, 4.69) is 9.97 Å². The molecule has 0 N–H and O–H groups in total. The zero-order valence-electron chi connectivity index (χ0n) is 6.17. The topological polar surface area (TPSA) is 44.2 Å². The van der Waals surface area contributed by atoms with Gasteiger partial charge in [-0.25, -0.2) is 4.98 Å². The van der Waals surface area contributed by atoms with Crippen LogP contribution < -0.4 is 9.47 Å². The Morgan fingerprint density at radius 1 is 1.27 bits per heavy atom. The first-order valence-electron chi connectivity index (χ1n) is 2.88. The van der Waals surface area contributed by atoms with E-state index in [9.17, 15) is 0 Å². The van der Waals surface area contributed by atoms with Crippen LogP contribution in [0.5, 0.6) is 11.6 Å². The summed E-state index contributed by atoms with van der Waals surface area (Å²) in [4.78, 5) is 7.49. The highest BCUT2D eigenvalue weighted by atomic mass is 35.5. The highest BCUT2D eigenvalue weighted by Gasteiger charge is 2.09. The molecule has 1 rings (SSSR count). The molecule has 5 heteroatoms. The van der Waals surface area contributed by atoms with Crippen LogP contribution in [-0.4, -0.2) is 24.2 Å². The lowest BCUT2D eigenvalue weighted by Gasteiger charge is -2.04. The summed E-state index contributed by atoms with van der Waals surface area (Å²) in [6.45, 7) is 0. The summed E-state index contributed by atoms with van der Waals surface area (Å²) in [6, 6.07) is 0. The lowest BCUT2D eigenvalue weighted by atomic mass is 10.6. The van der Waals surface area contributed by atoms with Crippen LogP contribution in [0.15, 0.2) is 6.33 Å². The number of aromatic nitrogens is 2. The van der Waals surface area contributed by atoms with Crippen molar-refractivity contribution < 1.29 is 9.47 Å². The minimum absolute atomic E-state index is 0.249. The number of hydrogen-bond acceptors (Lipinski definition) is 4. The Kier molecular flexibility index (Phi) is 2.48. The fraction of sp³-hybridized carbons (Fsp3) is 0.333.